The number of amides is 1. The van der Waals surface area contributed by atoms with Crippen LogP contribution < -0.4 is 5.32 Å². The second-order valence-electron chi connectivity index (χ2n) is 6.07. The molecule has 0 spiro atoms. The number of phenolic OH excluding ortho intramolecular Hbond substituents is 1. The molecule has 1 aliphatic rings. The second-order valence-corrected chi connectivity index (χ2v) is 6.07. The fraction of sp³-hybridized carbons (Fsp3) is 0.562. The largest absolute Gasteiger partial charge is 0.507 e. The molecule has 0 radical (unpaired) electrons. The van der Waals surface area contributed by atoms with Crippen LogP contribution in [0.5, 0.6) is 5.75 Å². The molecule has 104 valence electrons. The van der Waals surface area contributed by atoms with Gasteiger partial charge in [-0.3, -0.25) is 4.79 Å². The molecule has 1 aliphatic carbocycles. The van der Waals surface area contributed by atoms with Crippen LogP contribution in [-0.4, -0.2) is 17.6 Å². The van der Waals surface area contributed by atoms with E-state index in [4.69, 9.17) is 0 Å². The summed E-state index contributed by atoms with van der Waals surface area (Å²) in [5.74, 6) is -0.115. The fourth-order valence-corrected chi connectivity index (χ4v) is 2.80. The number of carbonyl (C=O) groups excluding carboxylic acids is 1. The van der Waals surface area contributed by atoms with Gasteiger partial charge in [-0.05, 0) is 42.9 Å². The quantitative estimate of drug-likeness (QED) is 0.876. The van der Waals surface area contributed by atoms with Gasteiger partial charge in [0.1, 0.15) is 5.75 Å². The highest BCUT2D eigenvalue weighted by molar-refractivity contribution is 5.96. The first-order valence-electron chi connectivity index (χ1n) is 7.08. The molecule has 0 aliphatic heterocycles. The molecule has 0 saturated heterocycles. The van der Waals surface area contributed by atoms with Crippen LogP contribution in [-0.2, 0) is 0 Å². The van der Waals surface area contributed by atoms with Gasteiger partial charge in [-0.1, -0.05) is 32.3 Å². The molecule has 0 bridgehead atoms. The van der Waals surface area contributed by atoms with Gasteiger partial charge in [0.2, 0.25) is 0 Å². The van der Waals surface area contributed by atoms with Crippen LogP contribution >= 0.6 is 0 Å². The summed E-state index contributed by atoms with van der Waals surface area (Å²) in [5.41, 5.74) is 1.53. The van der Waals surface area contributed by atoms with Crippen molar-refractivity contribution in [1.82, 2.24) is 5.32 Å². The van der Waals surface area contributed by atoms with Crippen molar-refractivity contribution in [3.63, 3.8) is 0 Å². The molecule has 2 N–H and O–H groups in total. The summed E-state index contributed by atoms with van der Waals surface area (Å²) in [6.07, 6.45) is 6.16. The van der Waals surface area contributed by atoms with Gasteiger partial charge in [-0.2, -0.15) is 0 Å². The predicted octanol–water partition coefficient (Wildman–Crippen LogP) is 3.40. The van der Waals surface area contributed by atoms with Crippen LogP contribution in [0.3, 0.4) is 0 Å². The summed E-state index contributed by atoms with van der Waals surface area (Å²) in [6.45, 7) is 4.82. The normalized spacial score (nSPS) is 18.0. The molecular formula is C16H23NO2. The van der Waals surface area contributed by atoms with Gasteiger partial charge in [-0.15, -0.1) is 0 Å². The Morgan fingerprint density at radius 2 is 2.00 bits per heavy atom. The lowest BCUT2D eigenvalue weighted by molar-refractivity contribution is 0.0916. The summed E-state index contributed by atoms with van der Waals surface area (Å²) < 4.78 is 0. The third kappa shape index (κ3) is 3.49. The van der Waals surface area contributed by atoms with Crippen molar-refractivity contribution in [2.45, 2.75) is 46.0 Å². The van der Waals surface area contributed by atoms with Crippen molar-refractivity contribution in [3.05, 3.63) is 29.3 Å². The third-order valence-corrected chi connectivity index (χ3v) is 4.13. The van der Waals surface area contributed by atoms with Gasteiger partial charge in [0, 0.05) is 6.54 Å². The van der Waals surface area contributed by atoms with Crippen LogP contribution in [0.25, 0.3) is 0 Å². The smallest absolute Gasteiger partial charge is 0.255 e. The number of aromatic hydroxyl groups is 1. The molecular weight excluding hydrogens is 238 g/mol. The molecule has 1 amide bonds. The van der Waals surface area contributed by atoms with Crippen molar-refractivity contribution >= 4 is 5.91 Å². The zero-order valence-electron chi connectivity index (χ0n) is 11.8. The number of hydrogen-bond donors (Lipinski definition) is 2. The number of phenols is 1. The molecule has 3 nitrogen and oxygen atoms in total. The molecule has 1 fully saturated rings. The van der Waals surface area contributed by atoms with Crippen molar-refractivity contribution in [3.8, 4) is 5.75 Å². The van der Waals surface area contributed by atoms with Gasteiger partial charge in [0.05, 0.1) is 5.56 Å². The van der Waals surface area contributed by atoms with Crippen molar-refractivity contribution < 1.29 is 9.90 Å². The molecule has 2 rings (SSSR count). The van der Waals surface area contributed by atoms with E-state index in [1.54, 1.807) is 12.1 Å². The fourth-order valence-electron chi connectivity index (χ4n) is 2.80. The lowest BCUT2D eigenvalue weighted by atomic mass is 9.76. The van der Waals surface area contributed by atoms with E-state index in [2.05, 4.69) is 12.2 Å². The third-order valence-electron chi connectivity index (χ3n) is 4.13. The van der Waals surface area contributed by atoms with Crippen LogP contribution in [0.15, 0.2) is 18.2 Å². The van der Waals surface area contributed by atoms with Crippen LogP contribution in [0.4, 0.5) is 0 Å². The van der Waals surface area contributed by atoms with Gasteiger partial charge in [0.15, 0.2) is 0 Å². The van der Waals surface area contributed by atoms with Gasteiger partial charge in [-0.25, -0.2) is 0 Å². The summed E-state index contributed by atoms with van der Waals surface area (Å²) in [5, 5.41) is 12.8. The summed E-state index contributed by atoms with van der Waals surface area (Å²) in [4.78, 5) is 12.1. The van der Waals surface area contributed by atoms with E-state index in [9.17, 15) is 9.90 Å². The van der Waals surface area contributed by atoms with E-state index in [1.165, 1.54) is 32.1 Å². The lowest BCUT2D eigenvalue weighted by Gasteiger charge is -2.33. The van der Waals surface area contributed by atoms with Crippen LogP contribution in [0.1, 0.15) is 54.9 Å². The average molecular weight is 261 g/mol. The Morgan fingerprint density at radius 1 is 1.32 bits per heavy atom. The standard InChI is InChI=1S/C16H23NO2/c1-12-6-7-13(14(18)10-12)15(19)17-11-16(2)8-4-3-5-9-16/h6-7,10,18H,3-5,8-9,11H2,1-2H3,(H,17,19). The first-order valence-corrected chi connectivity index (χ1v) is 7.08. The summed E-state index contributed by atoms with van der Waals surface area (Å²) in [6, 6.07) is 5.15. The lowest BCUT2D eigenvalue weighted by Crippen LogP contribution is -2.37. The van der Waals surface area contributed by atoms with E-state index in [1.807, 2.05) is 13.0 Å². The Bertz CT molecular complexity index is 462. The van der Waals surface area contributed by atoms with Gasteiger partial charge >= 0.3 is 0 Å². The van der Waals surface area contributed by atoms with Gasteiger partial charge in [0.25, 0.3) is 5.91 Å². The van der Waals surface area contributed by atoms with E-state index in [-0.39, 0.29) is 17.1 Å². The highest BCUT2D eigenvalue weighted by Gasteiger charge is 2.27. The van der Waals surface area contributed by atoms with E-state index >= 15 is 0 Å². The zero-order chi connectivity index (χ0) is 13.9. The number of rotatable bonds is 3. The van der Waals surface area contributed by atoms with E-state index in [0.29, 0.717) is 12.1 Å². The highest BCUT2D eigenvalue weighted by atomic mass is 16.3. The SMILES string of the molecule is Cc1ccc(C(=O)NCC2(C)CCCCC2)c(O)c1. The first kappa shape index (κ1) is 13.9. The van der Waals surface area contributed by atoms with Gasteiger partial charge < -0.3 is 10.4 Å². The van der Waals surface area contributed by atoms with E-state index < -0.39 is 0 Å². The Kier molecular flexibility index (Phi) is 4.13. The Morgan fingerprint density at radius 3 is 2.63 bits per heavy atom. The van der Waals surface area contributed by atoms with Crippen molar-refractivity contribution in [2.24, 2.45) is 5.41 Å². The minimum atomic E-state index is -0.177. The second kappa shape index (κ2) is 5.64. The monoisotopic (exact) mass is 261 g/mol. The molecule has 1 saturated carbocycles. The Hall–Kier alpha value is -1.51. The molecule has 0 aromatic heterocycles. The Labute approximate surface area is 115 Å². The van der Waals surface area contributed by atoms with Crippen LogP contribution in [0, 0.1) is 12.3 Å². The molecule has 19 heavy (non-hydrogen) atoms. The maximum Gasteiger partial charge on any atom is 0.255 e. The zero-order valence-corrected chi connectivity index (χ0v) is 11.8. The average Bonchev–Trinajstić information content (AvgIpc) is 2.37. The molecule has 0 atom stereocenters. The number of hydrogen-bond acceptors (Lipinski definition) is 2. The first-order chi connectivity index (χ1) is 9.00. The van der Waals surface area contributed by atoms with Crippen molar-refractivity contribution in [1.29, 1.82) is 0 Å². The topological polar surface area (TPSA) is 49.3 Å². The maximum atomic E-state index is 12.1. The van der Waals surface area contributed by atoms with E-state index in [0.717, 1.165) is 5.56 Å². The maximum absolute atomic E-state index is 12.1. The minimum Gasteiger partial charge on any atom is -0.507 e. The number of benzene rings is 1. The highest BCUT2D eigenvalue weighted by Crippen LogP contribution is 2.35. The molecule has 1 aromatic rings. The van der Waals surface area contributed by atoms with Crippen LogP contribution in [0.2, 0.25) is 0 Å². The predicted molar refractivity (Wildman–Crippen MR) is 76.4 cm³/mol. The molecule has 0 heterocycles. The summed E-state index contributed by atoms with van der Waals surface area (Å²) >= 11 is 0. The molecule has 0 unspecified atom stereocenters. The molecule has 1 aromatic carbocycles. The number of nitrogens with one attached hydrogen (secondary N) is 1. The van der Waals surface area contributed by atoms with Crippen molar-refractivity contribution in [2.75, 3.05) is 6.54 Å². The Balaban J connectivity index is 1.97. The number of carbonyl (C=O) groups is 1. The summed E-state index contributed by atoms with van der Waals surface area (Å²) in [7, 11) is 0. The minimum absolute atomic E-state index is 0.0614. The number of aryl methyl sites for hydroxylation is 1. The molecule has 3 heteroatoms.